The van der Waals surface area contributed by atoms with Gasteiger partial charge in [-0.25, -0.2) is 13.2 Å². The minimum atomic E-state index is -3.14. The highest BCUT2D eigenvalue weighted by atomic mass is 32.2. The van der Waals surface area contributed by atoms with Crippen molar-refractivity contribution in [3.63, 3.8) is 0 Å². The summed E-state index contributed by atoms with van der Waals surface area (Å²) in [6.45, 7) is 1.40. The Hall–Kier alpha value is -1.60. The predicted molar refractivity (Wildman–Crippen MR) is 90.8 cm³/mol. The number of piperazine rings is 1. The van der Waals surface area contributed by atoms with Gasteiger partial charge in [0.05, 0.1) is 5.25 Å². The summed E-state index contributed by atoms with van der Waals surface area (Å²) in [6.07, 6.45) is 3.35. The van der Waals surface area contributed by atoms with Crippen molar-refractivity contribution in [3.05, 3.63) is 35.9 Å². The van der Waals surface area contributed by atoms with Gasteiger partial charge in [-0.3, -0.25) is 0 Å². The zero-order valence-corrected chi connectivity index (χ0v) is 14.4. The quantitative estimate of drug-likeness (QED) is 0.896. The van der Waals surface area contributed by atoms with E-state index in [-0.39, 0.29) is 23.4 Å². The van der Waals surface area contributed by atoms with Crippen molar-refractivity contribution in [2.24, 2.45) is 0 Å². The van der Waals surface area contributed by atoms with E-state index in [4.69, 9.17) is 0 Å². The first-order valence-corrected chi connectivity index (χ1v) is 10.1. The van der Waals surface area contributed by atoms with Crippen molar-refractivity contribution in [1.29, 1.82) is 0 Å². The molecule has 1 aromatic rings. The van der Waals surface area contributed by atoms with Crippen molar-refractivity contribution in [2.75, 3.05) is 13.1 Å². The van der Waals surface area contributed by atoms with E-state index < -0.39 is 10.0 Å². The molecule has 3 fully saturated rings. The van der Waals surface area contributed by atoms with Gasteiger partial charge in [-0.1, -0.05) is 30.3 Å². The van der Waals surface area contributed by atoms with Crippen LogP contribution >= 0.6 is 0 Å². The van der Waals surface area contributed by atoms with Crippen LogP contribution in [-0.4, -0.2) is 54.1 Å². The van der Waals surface area contributed by atoms with Gasteiger partial charge in [-0.15, -0.1) is 0 Å². The minimum absolute atomic E-state index is 0.00745. The van der Waals surface area contributed by atoms with Crippen molar-refractivity contribution < 1.29 is 13.2 Å². The largest absolute Gasteiger partial charge is 0.334 e. The molecule has 1 aliphatic carbocycles. The summed E-state index contributed by atoms with van der Waals surface area (Å²) in [5, 5.41) is 2.81. The molecule has 2 saturated heterocycles. The van der Waals surface area contributed by atoms with E-state index in [2.05, 4.69) is 5.32 Å². The first-order chi connectivity index (χ1) is 11.6. The Labute approximate surface area is 142 Å². The Bertz CT molecular complexity index is 704. The van der Waals surface area contributed by atoms with Crippen LogP contribution in [0.1, 0.15) is 31.2 Å². The number of urea groups is 1. The summed E-state index contributed by atoms with van der Waals surface area (Å²) in [5.74, 6) is 0. The number of hydrogen-bond acceptors (Lipinski definition) is 3. The summed E-state index contributed by atoms with van der Waals surface area (Å²) in [4.78, 5) is 14.5. The number of hydrogen-bond donors (Lipinski definition) is 1. The first kappa shape index (κ1) is 15.9. The van der Waals surface area contributed by atoms with Crippen LogP contribution in [-0.2, 0) is 16.6 Å². The van der Waals surface area contributed by atoms with Crippen LogP contribution < -0.4 is 5.32 Å². The lowest BCUT2D eigenvalue weighted by atomic mass is 10.2. The molecule has 1 aromatic carbocycles. The topological polar surface area (TPSA) is 69.7 Å². The number of carbonyl (C=O) groups excluding carboxylic acids is 1. The second kappa shape index (κ2) is 6.04. The lowest BCUT2D eigenvalue weighted by molar-refractivity contribution is 0.125. The Kier molecular flexibility index (Phi) is 4.00. The fourth-order valence-electron chi connectivity index (χ4n) is 3.85. The smallest absolute Gasteiger partial charge is 0.318 e. The van der Waals surface area contributed by atoms with Gasteiger partial charge in [0.15, 0.2) is 0 Å². The van der Waals surface area contributed by atoms with E-state index in [1.54, 1.807) is 4.31 Å². The third-order valence-electron chi connectivity index (χ3n) is 5.28. The van der Waals surface area contributed by atoms with Gasteiger partial charge in [0, 0.05) is 31.7 Å². The standard InChI is InChI=1S/C17H23N3O3S/c21-17(18-10-13-4-2-1-3-5-13)20-14-6-7-15(20)12-19(11-14)24(22,23)16-8-9-16/h1-5,14-16H,6-12H2,(H,18,21). The first-order valence-electron chi connectivity index (χ1n) is 8.65. The number of sulfonamides is 1. The van der Waals surface area contributed by atoms with Crippen LogP contribution in [0.15, 0.2) is 30.3 Å². The summed E-state index contributed by atoms with van der Waals surface area (Å²) in [5.41, 5.74) is 1.06. The van der Waals surface area contributed by atoms with Crippen molar-refractivity contribution in [2.45, 2.75) is 49.6 Å². The van der Waals surface area contributed by atoms with Gasteiger partial charge in [0.2, 0.25) is 10.0 Å². The molecule has 2 aliphatic heterocycles. The molecule has 0 spiro atoms. The molecule has 2 unspecified atom stereocenters. The SMILES string of the molecule is O=C(NCc1ccccc1)N1C2CCC1CN(S(=O)(=O)C1CC1)C2. The van der Waals surface area contributed by atoms with Crippen LogP contribution in [0.4, 0.5) is 4.79 Å². The van der Waals surface area contributed by atoms with Gasteiger partial charge in [-0.05, 0) is 31.2 Å². The van der Waals surface area contributed by atoms with E-state index >= 15 is 0 Å². The van der Waals surface area contributed by atoms with E-state index in [0.29, 0.717) is 19.6 Å². The van der Waals surface area contributed by atoms with Crippen molar-refractivity contribution >= 4 is 16.1 Å². The van der Waals surface area contributed by atoms with Crippen LogP contribution in [0.3, 0.4) is 0 Å². The molecule has 7 heteroatoms. The second-order valence-electron chi connectivity index (χ2n) is 7.00. The molecule has 0 aromatic heterocycles. The molecule has 4 rings (SSSR count). The Morgan fingerprint density at radius 3 is 2.25 bits per heavy atom. The lowest BCUT2D eigenvalue weighted by Gasteiger charge is -2.40. The molecule has 1 N–H and O–H groups in total. The summed E-state index contributed by atoms with van der Waals surface area (Å²) < 4.78 is 26.6. The third-order valence-corrected chi connectivity index (χ3v) is 7.61. The van der Waals surface area contributed by atoms with Gasteiger partial charge in [0.25, 0.3) is 0 Å². The monoisotopic (exact) mass is 349 g/mol. The summed E-state index contributed by atoms with van der Waals surface area (Å²) >= 11 is 0. The zero-order chi connectivity index (χ0) is 16.7. The number of nitrogens with zero attached hydrogens (tertiary/aromatic N) is 2. The average Bonchev–Trinajstić information content (AvgIpc) is 3.40. The maximum atomic E-state index is 12.6. The second-order valence-corrected chi connectivity index (χ2v) is 9.21. The zero-order valence-electron chi connectivity index (χ0n) is 13.6. The van der Waals surface area contributed by atoms with E-state index in [1.807, 2.05) is 35.2 Å². The number of amides is 2. The highest BCUT2D eigenvalue weighted by Crippen LogP contribution is 2.36. The predicted octanol–water partition coefficient (Wildman–Crippen LogP) is 1.54. The molecule has 24 heavy (non-hydrogen) atoms. The Morgan fingerprint density at radius 1 is 1.04 bits per heavy atom. The molecule has 130 valence electrons. The fraction of sp³-hybridized carbons (Fsp3) is 0.588. The third kappa shape index (κ3) is 2.91. The maximum absolute atomic E-state index is 12.6. The number of nitrogens with one attached hydrogen (secondary N) is 1. The average molecular weight is 349 g/mol. The minimum Gasteiger partial charge on any atom is -0.334 e. The normalized spacial score (nSPS) is 27.2. The fourth-order valence-corrected chi connectivity index (χ4v) is 5.76. The number of rotatable bonds is 4. The highest BCUT2D eigenvalue weighted by molar-refractivity contribution is 7.90. The molecular weight excluding hydrogens is 326 g/mol. The van der Waals surface area contributed by atoms with Crippen molar-refractivity contribution in [3.8, 4) is 0 Å². The van der Waals surface area contributed by atoms with Crippen LogP contribution in [0.5, 0.6) is 0 Å². The molecule has 2 amide bonds. The highest BCUT2D eigenvalue weighted by Gasteiger charge is 2.49. The number of carbonyl (C=O) groups is 1. The van der Waals surface area contributed by atoms with Gasteiger partial charge < -0.3 is 10.2 Å². The Balaban J connectivity index is 1.40. The number of fused-ring (bicyclic) bond motifs is 2. The molecular formula is C17H23N3O3S. The van der Waals surface area contributed by atoms with Gasteiger partial charge in [-0.2, -0.15) is 4.31 Å². The van der Waals surface area contributed by atoms with Crippen molar-refractivity contribution in [1.82, 2.24) is 14.5 Å². The van der Waals surface area contributed by atoms with E-state index in [0.717, 1.165) is 31.2 Å². The Morgan fingerprint density at radius 2 is 1.67 bits per heavy atom. The molecule has 3 aliphatic rings. The van der Waals surface area contributed by atoms with Crippen LogP contribution in [0, 0.1) is 0 Å². The van der Waals surface area contributed by atoms with E-state index in [1.165, 1.54) is 0 Å². The molecule has 2 heterocycles. The lowest BCUT2D eigenvalue weighted by Crippen LogP contribution is -2.59. The summed E-state index contributed by atoms with van der Waals surface area (Å²) in [6, 6.07) is 9.75. The van der Waals surface area contributed by atoms with Crippen LogP contribution in [0.2, 0.25) is 0 Å². The molecule has 0 radical (unpaired) electrons. The van der Waals surface area contributed by atoms with Gasteiger partial charge in [0.1, 0.15) is 0 Å². The maximum Gasteiger partial charge on any atom is 0.318 e. The summed E-state index contributed by atoms with van der Waals surface area (Å²) in [7, 11) is -3.14. The van der Waals surface area contributed by atoms with E-state index in [9.17, 15) is 13.2 Å². The molecule has 2 bridgehead atoms. The van der Waals surface area contributed by atoms with Gasteiger partial charge >= 0.3 is 6.03 Å². The number of benzene rings is 1. The molecule has 2 atom stereocenters. The van der Waals surface area contributed by atoms with Crippen LogP contribution in [0.25, 0.3) is 0 Å². The molecule has 6 nitrogen and oxygen atoms in total. The molecule has 1 saturated carbocycles.